The van der Waals surface area contributed by atoms with Crippen molar-refractivity contribution in [2.45, 2.75) is 46.6 Å². The van der Waals surface area contributed by atoms with Crippen LogP contribution in [0, 0.1) is 12.8 Å². The SMILES string of the molecule is CCC(C)COc1ccc(C)cc1CC(C)N. The molecule has 0 bridgehead atoms. The molecule has 0 saturated carbocycles. The van der Waals surface area contributed by atoms with E-state index in [0.29, 0.717) is 5.92 Å². The third kappa shape index (κ3) is 4.78. The number of hydrogen-bond acceptors (Lipinski definition) is 2. The van der Waals surface area contributed by atoms with Gasteiger partial charge in [-0.05, 0) is 37.8 Å². The molecule has 1 aromatic rings. The highest BCUT2D eigenvalue weighted by molar-refractivity contribution is 5.37. The molecule has 0 aliphatic rings. The fraction of sp³-hybridized carbons (Fsp3) is 0.600. The fourth-order valence-electron chi connectivity index (χ4n) is 1.71. The van der Waals surface area contributed by atoms with Crippen molar-refractivity contribution in [1.82, 2.24) is 0 Å². The van der Waals surface area contributed by atoms with Gasteiger partial charge in [0.1, 0.15) is 5.75 Å². The molecule has 2 atom stereocenters. The normalized spacial score (nSPS) is 14.4. The van der Waals surface area contributed by atoms with E-state index in [1.807, 2.05) is 6.92 Å². The Morgan fingerprint density at radius 1 is 1.29 bits per heavy atom. The number of rotatable bonds is 6. The van der Waals surface area contributed by atoms with Crippen LogP contribution in [0.15, 0.2) is 18.2 Å². The summed E-state index contributed by atoms with van der Waals surface area (Å²) in [6.45, 7) is 9.31. The summed E-state index contributed by atoms with van der Waals surface area (Å²) in [7, 11) is 0. The summed E-state index contributed by atoms with van der Waals surface area (Å²) in [5.74, 6) is 1.59. The average Bonchev–Trinajstić information content (AvgIpc) is 2.26. The van der Waals surface area contributed by atoms with Crippen molar-refractivity contribution in [2.24, 2.45) is 11.7 Å². The van der Waals surface area contributed by atoms with Gasteiger partial charge in [0.05, 0.1) is 6.61 Å². The Morgan fingerprint density at radius 2 is 2.00 bits per heavy atom. The Bertz CT molecular complexity index is 347. The van der Waals surface area contributed by atoms with Gasteiger partial charge < -0.3 is 10.5 Å². The molecule has 0 fully saturated rings. The molecule has 1 aromatic carbocycles. The Hall–Kier alpha value is -1.02. The van der Waals surface area contributed by atoms with Gasteiger partial charge in [0.2, 0.25) is 0 Å². The second kappa shape index (κ2) is 6.65. The van der Waals surface area contributed by atoms with Crippen molar-refractivity contribution in [2.75, 3.05) is 6.61 Å². The molecule has 2 N–H and O–H groups in total. The minimum atomic E-state index is 0.169. The van der Waals surface area contributed by atoms with E-state index in [1.54, 1.807) is 0 Å². The maximum absolute atomic E-state index is 5.89. The second-order valence-electron chi connectivity index (χ2n) is 5.12. The van der Waals surface area contributed by atoms with Crippen molar-refractivity contribution >= 4 is 0 Å². The summed E-state index contributed by atoms with van der Waals surface area (Å²) in [5, 5.41) is 0. The van der Waals surface area contributed by atoms with Crippen LogP contribution in [0.1, 0.15) is 38.3 Å². The van der Waals surface area contributed by atoms with Gasteiger partial charge in [0, 0.05) is 6.04 Å². The topological polar surface area (TPSA) is 35.2 Å². The lowest BCUT2D eigenvalue weighted by atomic mass is 10.0. The third-order valence-corrected chi connectivity index (χ3v) is 2.98. The Balaban J connectivity index is 2.75. The molecule has 96 valence electrons. The minimum Gasteiger partial charge on any atom is -0.493 e. The third-order valence-electron chi connectivity index (χ3n) is 2.98. The maximum Gasteiger partial charge on any atom is 0.122 e. The lowest BCUT2D eigenvalue weighted by Gasteiger charge is -2.16. The molecule has 0 aliphatic heterocycles. The summed E-state index contributed by atoms with van der Waals surface area (Å²) >= 11 is 0. The number of nitrogens with two attached hydrogens (primary N) is 1. The van der Waals surface area contributed by atoms with Gasteiger partial charge in [-0.25, -0.2) is 0 Å². The average molecular weight is 235 g/mol. The quantitative estimate of drug-likeness (QED) is 0.821. The predicted molar refractivity (Wildman–Crippen MR) is 73.5 cm³/mol. The van der Waals surface area contributed by atoms with E-state index in [-0.39, 0.29) is 6.04 Å². The van der Waals surface area contributed by atoms with Crippen molar-refractivity contribution in [3.05, 3.63) is 29.3 Å². The Labute approximate surface area is 105 Å². The molecule has 0 saturated heterocycles. The zero-order valence-corrected chi connectivity index (χ0v) is 11.5. The van der Waals surface area contributed by atoms with E-state index >= 15 is 0 Å². The van der Waals surface area contributed by atoms with Crippen molar-refractivity contribution in [1.29, 1.82) is 0 Å². The van der Waals surface area contributed by atoms with Crippen LogP contribution in [-0.2, 0) is 6.42 Å². The lowest BCUT2D eigenvalue weighted by molar-refractivity contribution is 0.254. The highest BCUT2D eigenvalue weighted by atomic mass is 16.5. The van der Waals surface area contributed by atoms with Crippen LogP contribution in [0.5, 0.6) is 5.75 Å². The van der Waals surface area contributed by atoms with Gasteiger partial charge in [0.15, 0.2) is 0 Å². The summed E-state index contributed by atoms with van der Waals surface area (Å²) in [4.78, 5) is 0. The van der Waals surface area contributed by atoms with Gasteiger partial charge in [0.25, 0.3) is 0 Å². The maximum atomic E-state index is 5.89. The molecule has 17 heavy (non-hydrogen) atoms. The summed E-state index contributed by atoms with van der Waals surface area (Å²) in [6, 6.07) is 6.50. The summed E-state index contributed by atoms with van der Waals surface area (Å²) < 4.78 is 5.89. The fourth-order valence-corrected chi connectivity index (χ4v) is 1.71. The van der Waals surface area contributed by atoms with E-state index in [9.17, 15) is 0 Å². The van der Waals surface area contributed by atoms with Gasteiger partial charge >= 0.3 is 0 Å². The van der Waals surface area contributed by atoms with Crippen LogP contribution >= 0.6 is 0 Å². The monoisotopic (exact) mass is 235 g/mol. The molecule has 0 radical (unpaired) electrons. The summed E-state index contributed by atoms with van der Waals surface area (Å²) in [6.07, 6.45) is 2.02. The molecule has 2 nitrogen and oxygen atoms in total. The number of hydrogen-bond donors (Lipinski definition) is 1. The van der Waals surface area contributed by atoms with Gasteiger partial charge in [-0.1, -0.05) is 38.0 Å². The molecule has 2 unspecified atom stereocenters. The van der Waals surface area contributed by atoms with Crippen LogP contribution in [0.3, 0.4) is 0 Å². The van der Waals surface area contributed by atoms with E-state index < -0.39 is 0 Å². The Kier molecular flexibility index (Phi) is 5.49. The standard InChI is InChI=1S/C15H25NO/c1-5-11(2)10-17-15-7-6-12(3)8-14(15)9-13(4)16/h6-8,11,13H,5,9-10,16H2,1-4H3. The van der Waals surface area contributed by atoms with E-state index in [2.05, 4.69) is 39.0 Å². The molecular formula is C15H25NO. The van der Waals surface area contributed by atoms with Crippen molar-refractivity contribution in [3.63, 3.8) is 0 Å². The van der Waals surface area contributed by atoms with Crippen LogP contribution in [0.2, 0.25) is 0 Å². The van der Waals surface area contributed by atoms with Gasteiger partial charge in [-0.15, -0.1) is 0 Å². The molecule has 1 rings (SSSR count). The molecule has 0 spiro atoms. The van der Waals surface area contributed by atoms with E-state index in [4.69, 9.17) is 10.5 Å². The van der Waals surface area contributed by atoms with Crippen LogP contribution in [0.25, 0.3) is 0 Å². The minimum absolute atomic E-state index is 0.169. The molecular weight excluding hydrogens is 210 g/mol. The predicted octanol–water partition coefficient (Wildman–Crippen LogP) is 3.31. The smallest absolute Gasteiger partial charge is 0.122 e. The van der Waals surface area contributed by atoms with Crippen LogP contribution in [0.4, 0.5) is 0 Å². The second-order valence-corrected chi connectivity index (χ2v) is 5.12. The zero-order valence-electron chi connectivity index (χ0n) is 11.5. The molecule has 0 aromatic heterocycles. The summed E-state index contributed by atoms with van der Waals surface area (Å²) in [5.41, 5.74) is 8.36. The largest absolute Gasteiger partial charge is 0.493 e. The first kappa shape index (κ1) is 14.0. The highest BCUT2D eigenvalue weighted by Gasteiger charge is 2.08. The van der Waals surface area contributed by atoms with Gasteiger partial charge in [-0.2, -0.15) is 0 Å². The van der Waals surface area contributed by atoms with Crippen LogP contribution in [-0.4, -0.2) is 12.6 Å². The van der Waals surface area contributed by atoms with E-state index in [1.165, 1.54) is 11.1 Å². The first-order chi connectivity index (χ1) is 8.02. The van der Waals surface area contributed by atoms with Crippen molar-refractivity contribution in [3.8, 4) is 5.75 Å². The zero-order chi connectivity index (χ0) is 12.8. The molecule has 0 aliphatic carbocycles. The Morgan fingerprint density at radius 3 is 2.59 bits per heavy atom. The first-order valence-electron chi connectivity index (χ1n) is 6.50. The van der Waals surface area contributed by atoms with Gasteiger partial charge in [-0.3, -0.25) is 0 Å². The first-order valence-corrected chi connectivity index (χ1v) is 6.50. The number of ether oxygens (including phenoxy) is 1. The van der Waals surface area contributed by atoms with Crippen molar-refractivity contribution < 1.29 is 4.74 Å². The van der Waals surface area contributed by atoms with Crippen LogP contribution < -0.4 is 10.5 Å². The molecule has 2 heteroatoms. The molecule has 0 heterocycles. The lowest BCUT2D eigenvalue weighted by Crippen LogP contribution is -2.19. The number of aryl methyl sites for hydroxylation is 1. The van der Waals surface area contributed by atoms with E-state index in [0.717, 1.165) is 25.2 Å². The highest BCUT2D eigenvalue weighted by Crippen LogP contribution is 2.22. The number of benzene rings is 1. The molecule has 0 amide bonds.